The lowest BCUT2D eigenvalue weighted by Gasteiger charge is -2.38. The van der Waals surface area contributed by atoms with Gasteiger partial charge in [0.1, 0.15) is 0 Å². The number of alkyl halides is 3. The van der Waals surface area contributed by atoms with Gasteiger partial charge in [0.15, 0.2) is 17.9 Å². The van der Waals surface area contributed by atoms with Crippen LogP contribution in [0.3, 0.4) is 0 Å². The maximum atomic E-state index is 14.1. The quantitative estimate of drug-likeness (QED) is 0.308. The Kier molecular flexibility index (Phi) is 9.96. The van der Waals surface area contributed by atoms with Gasteiger partial charge >= 0.3 is 6.36 Å². The molecule has 0 atom stereocenters. The van der Waals surface area contributed by atoms with Crippen molar-refractivity contribution in [3.8, 4) is 5.75 Å². The van der Waals surface area contributed by atoms with E-state index < -0.39 is 17.9 Å². The molecule has 3 nitrogen and oxygen atoms in total. The summed E-state index contributed by atoms with van der Waals surface area (Å²) in [6.07, 6.45) is 10.3. The molecule has 2 saturated carbocycles. The van der Waals surface area contributed by atoms with Crippen LogP contribution in [0.1, 0.15) is 102 Å². The Morgan fingerprint density at radius 1 is 0.833 bits per heavy atom. The second-order valence-corrected chi connectivity index (χ2v) is 11.3. The van der Waals surface area contributed by atoms with E-state index >= 15 is 0 Å². The van der Waals surface area contributed by atoms with Gasteiger partial charge in [0.05, 0.1) is 13.2 Å². The minimum absolute atomic E-state index is 0.0187. The van der Waals surface area contributed by atoms with Crippen molar-refractivity contribution in [3.63, 3.8) is 0 Å². The van der Waals surface area contributed by atoms with Gasteiger partial charge in [-0.05, 0) is 99.2 Å². The molecule has 3 aliphatic rings. The molecule has 1 heterocycles. The van der Waals surface area contributed by atoms with E-state index in [4.69, 9.17) is 9.47 Å². The Labute approximate surface area is 213 Å². The number of rotatable bonds is 9. The highest BCUT2D eigenvalue weighted by Crippen LogP contribution is 2.45. The van der Waals surface area contributed by atoms with Crippen LogP contribution >= 0.6 is 0 Å². The molecule has 0 unspecified atom stereocenters. The van der Waals surface area contributed by atoms with Crippen molar-refractivity contribution in [2.24, 2.45) is 23.7 Å². The van der Waals surface area contributed by atoms with Gasteiger partial charge in [-0.3, -0.25) is 0 Å². The van der Waals surface area contributed by atoms with Crippen molar-refractivity contribution in [2.45, 2.75) is 109 Å². The van der Waals surface area contributed by atoms with Crippen LogP contribution in [0.5, 0.6) is 5.75 Å². The van der Waals surface area contributed by atoms with Crippen molar-refractivity contribution < 1.29 is 31.8 Å². The summed E-state index contributed by atoms with van der Waals surface area (Å²) in [7, 11) is 0. The molecule has 0 aromatic heterocycles. The SMILES string of the molecule is CCCCC1COC(CCC2CCC(C3CCC(c4ccc(OC(F)(F)F)c(F)c4)CC3)CC2)OC1. The summed E-state index contributed by atoms with van der Waals surface area (Å²) in [5, 5.41) is 0. The highest BCUT2D eigenvalue weighted by Gasteiger charge is 2.34. The smallest absolute Gasteiger partial charge is 0.403 e. The zero-order chi connectivity index (χ0) is 25.5. The third-order valence-electron chi connectivity index (χ3n) is 8.80. The zero-order valence-electron chi connectivity index (χ0n) is 21.5. The summed E-state index contributed by atoms with van der Waals surface area (Å²) >= 11 is 0. The topological polar surface area (TPSA) is 27.7 Å². The van der Waals surface area contributed by atoms with E-state index in [0.29, 0.717) is 11.8 Å². The van der Waals surface area contributed by atoms with Gasteiger partial charge in [-0.2, -0.15) is 0 Å². The summed E-state index contributed by atoms with van der Waals surface area (Å²) < 4.78 is 67.0. The molecule has 7 heteroatoms. The van der Waals surface area contributed by atoms with Crippen molar-refractivity contribution in [1.82, 2.24) is 0 Å². The maximum Gasteiger partial charge on any atom is 0.573 e. The lowest BCUT2D eigenvalue weighted by Crippen LogP contribution is -2.32. The number of ether oxygens (including phenoxy) is 3. The van der Waals surface area contributed by atoms with Crippen LogP contribution in [0.15, 0.2) is 18.2 Å². The van der Waals surface area contributed by atoms with Crippen LogP contribution in [-0.2, 0) is 9.47 Å². The molecule has 0 spiro atoms. The number of unbranched alkanes of at least 4 members (excludes halogenated alkanes) is 1. The van der Waals surface area contributed by atoms with Gasteiger partial charge < -0.3 is 14.2 Å². The first kappa shape index (κ1) is 27.7. The first-order valence-electron chi connectivity index (χ1n) is 14.1. The standard InChI is InChI=1S/C29H42F4O3/c1-2-3-4-21-18-34-28(35-19-21)16-7-20-5-8-22(9-6-20)23-10-12-24(13-11-23)25-14-15-27(26(30)17-25)36-29(31,32)33/h14-15,17,20-24,28H,2-13,16,18-19H2,1H3. The van der Waals surface area contributed by atoms with Gasteiger partial charge in [0, 0.05) is 5.92 Å². The summed E-state index contributed by atoms with van der Waals surface area (Å²) in [6.45, 7) is 3.91. The molecule has 0 bridgehead atoms. The molecule has 4 rings (SSSR count). The van der Waals surface area contributed by atoms with E-state index in [1.807, 2.05) is 0 Å². The molecule has 3 fully saturated rings. The van der Waals surface area contributed by atoms with Crippen LogP contribution in [0.4, 0.5) is 17.6 Å². The average Bonchev–Trinajstić information content (AvgIpc) is 2.88. The third-order valence-corrected chi connectivity index (χ3v) is 8.80. The van der Waals surface area contributed by atoms with Gasteiger partial charge in [0.2, 0.25) is 0 Å². The van der Waals surface area contributed by atoms with Crippen molar-refractivity contribution in [2.75, 3.05) is 13.2 Å². The molecule has 1 aliphatic heterocycles. The molecule has 204 valence electrons. The second-order valence-electron chi connectivity index (χ2n) is 11.3. The Hall–Kier alpha value is -1.34. The van der Waals surface area contributed by atoms with E-state index in [9.17, 15) is 17.6 Å². The van der Waals surface area contributed by atoms with E-state index in [1.165, 1.54) is 57.4 Å². The Morgan fingerprint density at radius 3 is 2.06 bits per heavy atom. The van der Waals surface area contributed by atoms with Crippen molar-refractivity contribution >= 4 is 0 Å². The second kappa shape index (κ2) is 12.9. The fourth-order valence-electron chi connectivity index (χ4n) is 6.63. The molecule has 2 aliphatic carbocycles. The predicted molar refractivity (Wildman–Crippen MR) is 131 cm³/mol. The Bertz CT molecular complexity index is 790. The number of hydrogen-bond donors (Lipinski definition) is 0. The van der Waals surface area contributed by atoms with Gasteiger partial charge in [0.25, 0.3) is 0 Å². The van der Waals surface area contributed by atoms with E-state index in [0.717, 1.165) is 68.8 Å². The molecule has 1 aromatic rings. The van der Waals surface area contributed by atoms with Gasteiger partial charge in [-0.25, -0.2) is 4.39 Å². The van der Waals surface area contributed by atoms with Crippen LogP contribution in [0.25, 0.3) is 0 Å². The molecule has 0 N–H and O–H groups in total. The normalized spacial score (nSPS) is 31.8. The van der Waals surface area contributed by atoms with E-state index in [2.05, 4.69) is 11.7 Å². The summed E-state index contributed by atoms with van der Waals surface area (Å²) in [6, 6.07) is 3.92. The molecule has 1 saturated heterocycles. The third kappa shape index (κ3) is 8.08. The van der Waals surface area contributed by atoms with E-state index in [1.54, 1.807) is 6.07 Å². The lowest BCUT2D eigenvalue weighted by molar-refractivity contribution is -0.275. The molecule has 1 aromatic carbocycles. The largest absolute Gasteiger partial charge is 0.573 e. The highest BCUT2D eigenvalue weighted by atomic mass is 19.4. The lowest BCUT2D eigenvalue weighted by atomic mass is 9.68. The molecule has 0 radical (unpaired) electrons. The molecule has 36 heavy (non-hydrogen) atoms. The minimum atomic E-state index is -4.88. The Morgan fingerprint density at radius 2 is 1.47 bits per heavy atom. The van der Waals surface area contributed by atoms with Crippen LogP contribution in [-0.4, -0.2) is 25.9 Å². The maximum absolute atomic E-state index is 14.1. The highest BCUT2D eigenvalue weighted by molar-refractivity contribution is 5.31. The van der Waals surface area contributed by atoms with Crippen LogP contribution in [0, 0.1) is 29.5 Å². The summed E-state index contributed by atoms with van der Waals surface area (Å²) in [5.74, 6) is 1.33. The summed E-state index contributed by atoms with van der Waals surface area (Å²) in [5.41, 5.74) is 0.785. The fraction of sp³-hybridized carbons (Fsp3) is 0.793. The van der Waals surface area contributed by atoms with Crippen molar-refractivity contribution in [1.29, 1.82) is 0 Å². The van der Waals surface area contributed by atoms with E-state index in [-0.39, 0.29) is 12.2 Å². The summed E-state index contributed by atoms with van der Waals surface area (Å²) in [4.78, 5) is 0. The van der Waals surface area contributed by atoms with Gasteiger partial charge in [-0.1, -0.05) is 38.7 Å². The predicted octanol–water partition coefficient (Wildman–Crippen LogP) is 8.76. The number of hydrogen-bond acceptors (Lipinski definition) is 3. The molecule has 0 amide bonds. The fourth-order valence-corrected chi connectivity index (χ4v) is 6.63. The van der Waals surface area contributed by atoms with Gasteiger partial charge in [-0.15, -0.1) is 13.2 Å². The number of benzene rings is 1. The Balaban J connectivity index is 1.14. The monoisotopic (exact) mass is 514 g/mol. The van der Waals surface area contributed by atoms with Crippen LogP contribution in [0.2, 0.25) is 0 Å². The average molecular weight is 515 g/mol. The van der Waals surface area contributed by atoms with Crippen molar-refractivity contribution in [3.05, 3.63) is 29.6 Å². The molecular formula is C29H42F4O3. The number of halogens is 4. The first-order chi connectivity index (χ1) is 17.3. The molecular weight excluding hydrogens is 472 g/mol. The van der Waals surface area contributed by atoms with Crippen LogP contribution < -0.4 is 4.74 Å². The first-order valence-corrected chi connectivity index (χ1v) is 14.1. The zero-order valence-corrected chi connectivity index (χ0v) is 21.5. The minimum Gasteiger partial charge on any atom is -0.403 e.